The fourth-order valence-electron chi connectivity index (χ4n) is 2.80. The molecule has 2 amide bonds. The molecule has 0 aliphatic carbocycles. The van der Waals surface area contributed by atoms with Crippen molar-refractivity contribution < 1.29 is 19.1 Å². The molecule has 0 aliphatic rings. The maximum absolute atomic E-state index is 12.1. The van der Waals surface area contributed by atoms with E-state index in [-0.39, 0.29) is 30.6 Å². The summed E-state index contributed by atoms with van der Waals surface area (Å²) in [5.74, 6) is 0.432. The number of nitrogens with one attached hydrogen (secondary N) is 1. The second kappa shape index (κ2) is 10.3. The summed E-state index contributed by atoms with van der Waals surface area (Å²) in [5.41, 5.74) is 2.26. The summed E-state index contributed by atoms with van der Waals surface area (Å²) in [5, 5.41) is 2.87. The second-order valence-corrected chi connectivity index (χ2v) is 6.48. The first-order valence-electron chi connectivity index (χ1n) is 9.19. The Bertz CT molecular complexity index is 831. The minimum absolute atomic E-state index is 0.0679. The molecule has 0 radical (unpaired) electrons. The molecule has 0 heterocycles. The van der Waals surface area contributed by atoms with E-state index in [4.69, 9.17) is 4.74 Å². The van der Waals surface area contributed by atoms with Crippen molar-refractivity contribution >= 4 is 23.3 Å². The van der Waals surface area contributed by atoms with Crippen LogP contribution in [0.1, 0.15) is 36.2 Å². The molecule has 6 nitrogen and oxygen atoms in total. The Morgan fingerprint density at radius 3 is 2.36 bits per heavy atom. The monoisotopic (exact) mass is 382 g/mol. The van der Waals surface area contributed by atoms with Gasteiger partial charge in [-0.25, -0.2) is 0 Å². The van der Waals surface area contributed by atoms with Gasteiger partial charge in [-0.05, 0) is 43.2 Å². The lowest BCUT2D eigenvalue weighted by Gasteiger charge is -2.21. The lowest BCUT2D eigenvalue weighted by molar-refractivity contribution is -0.121. The highest BCUT2D eigenvalue weighted by atomic mass is 16.5. The van der Waals surface area contributed by atoms with Gasteiger partial charge in [-0.3, -0.25) is 14.4 Å². The molecule has 0 saturated heterocycles. The summed E-state index contributed by atoms with van der Waals surface area (Å²) < 4.78 is 5.12. The summed E-state index contributed by atoms with van der Waals surface area (Å²) >= 11 is 0. The maximum atomic E-state index is 12.1. The van der Waals surface area contributed by atoms with Gasteiger partial charge in [0.2, 0.25) is 11.8 Å². The first-order valence-corrected chi connectivity index (χ1v) is 9.19. The third-order valence-corrected chi connectivity index (χ3v) is 4.40. The number of carbonyl (C=O) groups is 3. The van der Waals surface area contributed by atoms with Gasteiger partial charge in [-0.15, -0.1) is 0 Å². The van der Waals surface area contributed by atoms with Crippen molar-refractivity contribution in [3.8, 4) is 5.75 Å². The van der Waals surface area contributed by atoms with Crippen LogP contribution < -0.4 is 15.0 Å². The first kappa shape index (κ1) is 21.2. The molecule has 0 aromatic heterocycles. The predicted molar refractivity (Wildman–Crippen MR) is 109 cm³/mol. The molecule has 0 aliphatic heterocycles. The van der Waals surface area contributed by atoms with E-state index < -0.39 is 0 Å². The van der Waals surface area contributed by atoms with Crippen molar-refractivity contribution in [3.05, 3.63) is 59.7 Å². The average Bonchev–Trinajstić information content (AvgIpc) is 2.68. The number of rotatable bonds is 9. The van der Waals surface area contributed by atoms with E-state index in [1.165, 1.54) is 18.7 Å². The standard InChI is InChI=1S/C22H26N2O4/c1-16(25)19-5-4-6-20(15-19)24(17(2)26)14-12-22(27)23-13-11-18-7-9-21(28-3)10-8-18/h4-10,15H,11-14H2,1-3H3,(H,23,27). The molecule has 2 rings (SSSR count). The third kappa shape index (κ3) is 6.23. The minimum Gasteiger partial charge on any atom is -0.497 e. The molecule has 2 aromatic rings. The van der Waals surface area contributed by atoms with Crippen LogP contribution in [0.5, 0.6) is 5.75 Å². The molecule has 0 saturated carbocycles. The third-order valence-electron chi connectivity index (χ3n) is 4.40. The van der Waals surface area contributed by atoms with Crippen LogP contribution in [0.4, 0.5) is 5.69 Å². The molecule has 0 spiro atoms. The smallest absolute Gasteiger partial charge is 0.223 e. The number of ether oxygens (including phenoxy) is 1. The van der Waals surface area contributed by atoms with Crippen LogP contribution in [0, 0.1) is 0 Å². The van der Waals surface area contributed by atoms with E-state index >= 15 is 0 Å². The number of hydrogen-bond acceptors (Lipinski definition) is 4. The van der Waals surface area contributed by atoms with Crippen LogP contribution in [0.15, 0.2) is 48.5 Å². The molecule has 0 bridgehead atoms. The Morgan fingerprint density at radius 2 is 1.75 bits per heavy atom. The van der Waals surface area contributed by atoms with Gasteiger partial charge >= 0.3 is 0 Å². The molecule has 1 N–H and O–H groups in total. The van der Waals surface area contributed by atoms with Gasteiger partial charge in [0, 0.05) is 37.7 Å². The molecule has 0 fully saturated rings. The van der Waals surface area contributed by atoms with Crippen LogP contribution in [-0.4, -0.2) is 37.8 Å². The van der Waals surface area contributed by atoms with E-state index in [1.807, 2.05) is 24.3 Å². The molecule has 0 unspecified atom stereocenters. The average molecular weight is 382 g/mol. The SMILES string of the molecule is COc1ccc(CCNC(=O)CCN(C(C)=O)c2cccc(C(C)=O)c2)cc1. The van der Waals surface area contributed by atoms with Crippen LogP contribution in [0.25, 0.3) is 0 Å². The minimum atomic E-state index is -0.174. The van der Waals surface area contributed by atoms with Crippen LogP contribution in [-0.2, 0) is 16.0 Å². The summed E-state index contributed by atoms with van der Waals surface area (Å²) in [7, 11) is 1.62. The van der Waals surface area contributed by atoms with Crippen molar-refractivity contribution in [2.45, 2.75) is 26.7 Å². The van der Waals surface area contributed by atoms with Crippen molar-refractivity contribution in [2.24, 2.45) is 0 Å². The van der Waals surface area contributed by atoms with Crippen molar-refractivity contribution in [3.63, 3.8) is 0 Å². The zero-order valence-electron chi connectivity index (χ0n) is 16.5. The van der Waals surface area contributed by atoms with Crippen LogP contribution >= 0.6 is 0 Å². The van der Waals surface area contributed by atoms with Gasteiger partial charge in [-0.1, -0.05) is 24.3 Å². The molecule has 0 atom stereocenters. The highest BCUT2D eigenvalue weighted by molar-refractivity contribution is 5.97. The van der Waals surface area contributed by atoms with Gasteiger partial charge in [0.1, 0.15) is 5.75 Å². The number of ketones is 1. The summed E-state index contributed by atoms with van der Waals surface area (Å²) in [6, 6.07) is 14.6. The lowest BCUT2D eigenvalue weighted by atomic mass is 10.1. The van der Waals surface area contributed by atoms with Crippen molar-refractivity contribution in [1.29, 1.82) is 0 Å². The number of Topliss-reactive ketones (excluding diaryl/α,β-unsaturated/α-hetero) is 1. The lowest BCUT2D eigenvalue weighted by Crippen LogP contribution is -2.34. The molecular formula is C22H26N2O4. The number of nitrogens with zero attached hydrogens (tertiary/aromatic N) is 1. The van der Waals surface area contributed by atoms with Crippen molar-refractivity contribution in [2.75, 3.05) is 25.1 Å². The number of hydrogen-bond donors (Lipinski definition) is 1. The number of methoxy groups -OCH3 is 1. The topological polar surface area (TPSA) is 75.7 Å². The molecular weight excluding hydrogens is 356 g/mol. The maximum Gasteiger partial charge on any atom is 0.223 e. The second-order valence-electron chi connectivity index (χ2n) is 6.48. The number of amides is 2. The Morgan fingerprint density at radius 1 is 1.04 bits per heavy atom. The number of benzene rings is 2. The molecule has 148 valence electrons. The fourth-order valence-corrected chi connectivity index (χ4v) is 2.80. The Hall–Kier alpha value is -3.15. The Labute approximate surface area is 165 Å². The quantitative estimate of drug-likeness (QED) is 0.677. The van der Waals surface area contributed by atoms with Crippen LogP contribution in [0.2, 0.25) is 0 Å². The summed E-state index contributed by atoms with van der Waals surface area (Å²) in [6.45, 7) is 3.70. The zero-order valence-corrected chi connectivity index (χ0v) is 16.5. The first-order chi connectivity index (χ1) is 13.4. The van der Waals surface area contributed by atoms with Gasteiger partial charge in [-0.2, -0.15) is 0 Å². The fraction of sp³-hybridized carbons (Fsp3) is 0.318. The van der Waals surface area contributed by atoms with E-state index in [1.54, 1.807) is 31.4 Å². The normalized spacial score (nSPS) is 10.2. The van der Waals surface area contributed by atoms with E-state index in [9.17, 15) is 14.4 Å². The summed E-state index contributed by atoms with van der Waals surface area (Å²) in [6.07, 6.45) is 0.902. The van der Waals surface area contributed by atoms with E-state index in [2.05, 4.69) is 5.32 Å². The Balaban J connectivity index is 1.85. The largest absolute Gasteiger partial charge is 0.497 e. The molecule has 6 heteroatoms. The van der Waals surface area contributed by atoms with Crippen molar-refractivity contribution in [1.82, 2.24) is 5.32 Å². The van der Waals surface area contributed by atoms with Gasteiger partial charge in [0.25, 0.3) is 0 Å². The highest BCUT2D eigenvalue weighted by Gasteiger charge is 2.14. The van der Waals surface area contributed by atoms with Crippen LogP contribution in [0.3, 0.4) is 0 Å². The van der Waals surface area contributed by atoms with Gasteiger partial charge < -0.3 is 15.0 Å². The number of anilines is 1. The van der Waals surface area contributed by atoms with E-state index in [0.29, 0.717) is 24.2 Å². The Kier molecular flexibility index (Phi) is 7.75. The highest BCUT2D eigenvalue weighted by Crippen LogP contribution is 2.17. The zero-order chi connectivity index (χ0) is 20.5. The number of carbonyl (C=O) groups excluding carboxylic acids is 3. The predicted octanol–water partition coefficient (Wildman–Crippen LogP) is 3.00. The van der Waals surface area contributed by atoms with Gasteiger partial charge in [0.05, 0.1) is 7.11 Å². The van der Waals surface area contributed by atoms with E-state index in [0.717, 1.165) is 11.3 Å². The molecule has 28 heavy (non-hydrogen) atoms. The summed E-state index contributed by atoms with van der Waals surface area (Å²) in [4.78, 5) is 37.2. The van der Waals surface area contributed by atoms with Gasteiger partial charge in [0.15, 0.2) is 5.78 Å². The molecule has 2 aromatic carbocycles.